The highest BCUT2D eigenvalue weighted by atomic mass is 32.2. The van der Waals surface area contributed by atoms with Crippen LogP contribution in [0, 0.1) is 11.8 Å². The van der Waals surface area contributed by atoms with Gasteiger partial charge in [-0.25, -0.2) is 8.42 Å². The molecule has 0 bridgehead atoms. The van der Waals surface area contributed by atoms with Crippen molar-refractivity contribution >= 4 is 33.2 Å². The van der Waals surface area contributed by atoms with Gasteiger partial charge in [0.25, 0.3) is 0 Å². The summed E-state index contributed by atoms with van der Waals surface area (Å²) in [5.41, 5.74) is 7.77. The number of anilines is 2. The lowest BCUT2D eigenvalue weighted by atomic mass is 9.90. The van der Waals surface area contributed by atoms with Gasteiger partial charge in [-0.1, -0.05) is 44.2 Å². The van der Waals surface area contributed by atoms with E-state index in [9.17, 15) is 18.0 Å². The van der Waals surface area contributed by atoms with E-state index >= 15 is 0 Å². The Labute approximate surface area is 225 Å². The van der Waals surface area contributed by atoms with Crippen LogP contribution in [-0.2, 0) is 26.0 Å². The van der Waals surface area contributed by atoms with Crippen molar-refractivity contribution in [3.05, 3.63) is 54.1 Å². The number of carbonyl (C=O) groups excluding carboxylic acids is 2. The van der Waals surface area contributed by atoms with Crippen LogP contribution >= 0.6 is 0 Å². The van der Waals surface area contributed by atoms with Gasteiger partial charge in [-0.15, -0.1) is 0 Å². The second-order valence-corrected chi connectivity index (χ2v) is 12.4. The van der Waals surface area contributed by atoms with Crippen LogP contribution in [0.2, 0.25) is 0 Å². The predicted molar refractivity (Wildman–Crippen MR) is 149 cm³/mol. The molecule has 2 saturated heterocycles. The van der Waals surface area contributed by atoms with Crippen LogP contribution in [0.15, 0.2) is 53.4 Å². The zero-order chi connectivity index (χ0) is 27.3. The summed E-state index contributed by atoms with van der Waals surface area (Å²) in [7, 11) is -4.13. The van der Waals surface area contributed by atoms with Crippen LogP contribution in [0.3, 0.4) is 0 Å². The van der Waals surface area contributed by atoms with Crippen molar-refractivity contribution in [2.75, 3.05) is 29.9 Å². The van der Waals surface area contributed by atoms with Gasteiger partial charge in [-0.05, 0) is 74.2 Å². The number of primary amides is 1. The summed E-state index contributed by atoms with van der Waals surface area (Å²) in [6.07, 6.45) is 4.52. The summed E-state index contributed by atoms with van der Waals surface area (Å²) in [6.45, 7) is 5.68. The van der Waals surface area contributed by atoms with Gasteiger partial charge in [0, 0.05) is 18.8 Å². The molecule has 2 aromatic carbocycles. The van der Waals surface area contributed by atoms with E-state index in [1.54, 1.807) is 26.0 Å². The highest BCUT2D eigenvalue weighted by Gasteiger charge is 2.31. The van der Waals surface area contributed by atoms with Crippen molar-refractivity contribution < 1.29 is 18.0 Å². The monoisotopic (exact) mass is 541 g/mol. The number of hydrogen-bond donors (Lipinski definition) is 4. The van der Waals surface area contributed by atoms with E-state index in [4.69, 9.17) is 5.73 Å². The van der Waals surface area contributed by atoms with Crippen LogP contribution in [0.1, 0.15) is 45.1 Å². The lowest BCUT2D eigenvalue weighted by Crippen LogP contribution is -2.48. The van der Waals surface area contributed by atoms with Crippen molar-refractivity contribution in [3.8, 4) is 0 Å². The van der Waals surface area contributed by atoms with Crippen molar-refractivity contribution in [2.45, 2.75) is 62.9 Å². The number of hydrogen-bond acceptors (Lipinski definition) is 6. The fourth-order valence-electron chi connectivity index (χ4n) is 5.28. The topological polar surface area (TPSA) is 134 Å². The zero-order valence-electron chi connectivity index (χ0n) is 22.2. The van der Waals surface area contributed by atoms with Gasteiger partial charge in [-0.3, -0.25) is 9.59 Å². The third kappa shape index (κ3) is 6.92. The van der Waals surface area contributed by atoms with Crippen molar-refractivity contribution in [3.63, 3.8) is 0 Å². The Morgan fingerprint density at radius 1 is 1.08 bits per heavy atom. The van der Waals surface area contributed by atoms with Crippen LogP contribution < -0.4 is 26.0 Å². The molecule has 2 aliphatic rings. The Kier molecular flexibility index (Phi) is 9.07. The average Bonchev–Trinajstić information content (AvgIpc) is 3.44. The van der Waals surface area contributed by atoms with Gasteiger partial charge < -0.3 is 21.3 Å². The Morgan fingerprint density at radius 3 is 2.39 bits per heavy atom. The van der Waals surface area contributed by atoms with E-state index in [1.807, 2.05) is 18.2 Å². The quantitative estimate of drug-likeness (QED) is 0.365. The van der Waals surface area contributed by atoms with Gasteiger partial charge in [-0.2, -0.15) is 4.72 Å². The maximum atomic E-state index is 13.6. The minimum Gasteiger partial charge on any atom is -0.370 e. The fraction of sp³-hybridized carbons (Fsp3) is 0.500. The van der Waals surface area contributed by atoms with Gasteiger partial charge in [0.1, 0.15) is 10.9 Å². The minimum atomic E-state index is -4.13. The second-order valence-electron chi connectivity index (χ2n) is 10.7. The molecule has 2 amide bonds. The number of nitrogens with two attached hydrogens (primary N) is 1. The molecule has 0 aromatic heterocycles. The lowest BCUT2D eigenvalue weighted by molar-refractivity contribution is -0.120. The molecule has 38 heavy (non-hydrogen) atoms. The molecule has 2 aliphatic heterocycles. The molecule has 2 aromatic rings. The maximum absolute atomic E-state index is 13.6. The van der Waals surface area contributed by atoms with E-state index < -0.39 is 22.0 Å². The minimum absolute atomic E-state index is 0.0306. The molecule has 10 heteroatoms. The number of nitrogens with one attached hydrogen (secondary N) is 3. The van der Waals surface area contributed by atoms with Crippen molar-refractivity contribution in [2.24, 2.45) is 17.6 Å². The summed E-state index contributed by atoms with van der Waals surface area (Å²) in [6, 6.07) is 14.0. The normalized spacial score (nSPS) is 19.4. The fourth-order valence-corrected chi connectivity index (χ4v) is 6.89. The van der Waals surface area contributed by atoms with Gasteiger partial charge in [0.05, 0.1) is 11.7 Å². The first-order valence-electron chi connectivity index (χ1n) is 13.4. The Morgan fingerprint density at radius 2 is 1.79 bits per heavy atom. The van der Waals surface area contributed by atoms with Crippen molar-refractivity contribution in [1.29, 1.82) is 0 Å². The number of benzene rings is 2. The first kappa shape index (κ1) is 28.1. The molecule has 206 valence electrons. The van der Waals surface area contributed by atoms with Crippen LogP contribution in [0.4, 0.5) is 11.4 Å². The molecular weight excluding hydrogens is 502 g/mol. The molecule has 2 heterocycles. The van der Waals surface area contributed by atoms with Gasteiger partial charge >= 0.3 is 0 Å². The lowest BCUT2D eigenvalue weighted by Gasteiger charge is -2.35. The molecule has 0 saturated carbocycles. The van der Waals surface area contributed by atoms with Gasteiger partial charge in [0.2, 0.25) is 21.8 Å². The number of carbonyl (C=O) groups is 2. The smallest absolute Gasteiger partial charge is 0.243 e. The molecule has 9 nitrogen and oxygen atoms in total. The molecule has 4 rings (SSSR count). The largest absolute Gasteiger partial charge is 0.370 e. The summed E-state index contributed by atoms with van der Waals surface area (Å²) in [4.78, 5) is 26.8. The highest BCUT2D eigenvalue weighted by Crippen LogP contribution is 2.33. The number of piperidine rings is 1. The number of rotatable bonds is 10. The van der Waals surface area contributed by atoms with E-state index in [-0.39, 0.29) is 22.8 Å². The molecule has 2 fully saturated rings. The SMILES string of the molecule is CC(C)C(NS(=O)(=O)c1cc(NC(=O)C2CCCN2)ccc1N1CCC(Cc2ccccc2)CC1)C(N)=O. The van der Waals surface area contributed by atoms with Crippen LogP contribution in [-0.4, -0.2) is 52.0 Å². The summed E-state index contributed by atoms with van der Waals surface area (Å²) in [5, 5.41) is 6.01. The summed E-state index contributed by atoms with van der Waals surface area (Å²) in [5.74, 6) is -0.727. The second kappa shape index (κ2) is 12.3. The molecule has 0 aliphatic carbocycles. The first-order chi connectivity index (χ1) is 18.1. The van der Waals surface area contributed by atoms with E-state index in [0.29, 0.717) is 30.4 Å². The summed E-state index contributed by atoms with van der Waals surface area (Å²) >= 11 is 0. The Balaban J connectivity index is 1.57. The van der Waals surface area contributed by atoms with Crippen LogP contribution in [0.25, 0.3) is 0 Å². The molecular formula is C28H39N5O4S. The van der Waals surface area contributed by atoms with Gasteiger partial charge in [0.15, 0.2) is 0 Å². The average molecular weight is 542 g/mol. The summed E-state index contributed by atoms with van der Waals surface area (Å²) < 4.78 is 29.8. The molecule has 0 radical (unpaired) electrons. The van der Waals surface area contributed by atoms with E-state index in [2.05, 4.69) is 32.4 Å². The molecule has 2 atom stereocenters. The first-order valence-corrected chi connectivity index (χ1v) is 14.9. The zero-order valence-corrected chi connectivity index (χ0v) is 23.0. The number of sulfonamides is 1. The molecule has 0 spiro atoms. The number of amides is 2. The maximum Gasteiger partial charge on any atom is 0.243 e. The number of nitrogens with zero attached hydrogens (tertiary/aromatic N) is 1. The Bertz CT molecular complexity index is 1220. The van der Waals surface area contributed by atoms with Crippen molar-refractivity contribution in [1.82, 2.24) is 10.0 Å². The standard InChI is InChI=1S/C28H39N5O4S/c1-19(2)26(27(29)34)32-38(36,37)25-18-22(31-28(35)23-9-6-14-30-23)10-11-24(25)33-15-12-21(13-16-33)17-20-7-4-3-5-8-20/h3-5,7-8,10-11,18-19,21,23,26,30,32H,6,9,12-17H2,1-2H3,(H2,29,34)(H,31,35). The highest BCUT2D eigenvalue weighted by molar-refractivity contribution is 7.89. The Hall–Kier alpha value is -2.95. The van der Waals surface area contributed by atoms with E-state index in [0.717, 1.165) is 38.6 Å². The third-order valence-corrected chi connectivity index (χ3v) is 8.94. The predicted octanol–water partition coefficient (Wildman–Crippen LogP) is 2.62. The van der Waals surface area contributed by atoms with E-state index in [1.165, 1.54) is 11.6 Å². The molecule has 5 N–H and O–H groups in total. The van der Waals surface area contributed by atoms with Crippen LogP contribution in [0.5, 0.6) is 0 Å². The third-order valence-electron chi connectivity index (χ3n) is 7.47. The molecule has 2 unspecified atom stereocenters.